The summed E-state index contributed by atoms with van der Waals surface area (Å²) in [6, 6.07) is 2.87. The number of ether oxygens (including phenoxy) is 2. The van der Waals surface area contributed by atoms with Crippen molar-refractivity contribution in [1.29, 1.82) is 0 Å². The molecule has 1 aromatic heterocycles. The van der Waals surface area contributed by atoms with E-state index >= 15 is 0 Å². The van der Waals surface area contributed by atoms with Crippen molar-refractivity contribution in [3.63, 3.8) is 0 Å². The maximum absolute atomic E-state index is 11.9. The van der Waals surface area contributed by atoms with Crippen molar-refractivity contribution in [3.05, 3.63) is 27.7 Å². The van der Waals surface area contributed by atoms with Crippen LogP contribution in [0.5, 0.6) is 5.88 Å². The fourth-order valence-corrected chi connectivity index (χ4v) is 2.97. The van der Waals surface area contributed by atoms with E-state index in [4.69, 9.17) is 27.9 Å². The first-order valence-corrected chi connectivity index (χ1v) is 8.75. The largest absolute Gasteiger partial charge is 0.465 e. The Morgan fingerprint density at radius 1 is 1.32 bits per heavy atom. The molecular weight excluding hydrogens is 389 g/mol. The van der Waals surface area contributed by atoms with Crippen molar-refractivity contribution in [2.45, 2.75) is 26.3 Å². The smallest absolute Gasteiger partial charge is 0.414 e. The minimum Gasteiger partial charge on any atom is -0.465 e. The number of methoxy groups -OCH3 is 1. The molecule has 0 saturated carbocycles. The predicted octanol–water partition coefficient (Wildman–Crippen LogP) is 4.19. The Morgan fingerprint density at radius 2 is 2.04 bits per heavy atom. The van der Waals surface area contributed by atoms with Gasteiger partial charge in [-0.05, 0) is 25.5 Å². The second-order valence-corrected chi connectivity index (χ2v) is 6.35. The molecule has 0 aliphatic carbocycles. The SMILES string of the molecule is CCC(C)NC(=O)Oc1nsnc1-c1c(Cl)ccc(C(=O)OC)c1Cl. The van der Waals surface area contributed by atoms with Gasteiger partial charge in [0.15, 0.2) is 5.69 Å². The van der Waals surface area contributed by atoms with Gasteiger partial charge in [-0.3, -0.25) is 0 Å². The van der Waals surface area contributed by atoms with Gasteiger partial charge in [-0.25, -0.2) is 9.59 Å². The summed E-state index contributed by atoms with van der Waals surface area (Å²) in [4.78, 5) is 23.7. The number of amides is 1. The van der Waals surface area contributed by atoms with Gasteiger partial charge in [0.25, 0.3) is 5.88 Å². The van der Waals surface area contributed by atoms with Crippen molar-refractivity contribution < 1.29 is 19.1 Å². The standard InChI is InChI=1S/C15H15Cl2N3O4S/c1-4-7(2)18-15(22)24-13-12(19-25-20-13)10-9(16)6-5-8(11(10)17)14(21)23-3/h5-7H,4H2,1-3H3,(H,18,22). The first-order valence-electron chi connectivity index (χ1n) is 7.26. The van der Waals surface area contributed by atoms with Crippen molar-refractivity contribution in [2.75, 3.05) is 7.11 Å². The molecule has 0 bridgehead atoms. The Hall–Kier alpha value is -1.90. The molecule has 0 aliphatic rings. The highest BCUT2D eigenvalue weighted by Gasteiger charge is 2.24. The van der Waals surface area contributed by atoms with E-state index in [0.29, 0.717) is 0 Å². The van der Waals surface area contributed by atoms with E-state index in [9.17, 15) is 9.59 Å². The van der Waals surface area contributed by atoms with Crippen molar-refractivity contribution in [1.82, 2.24) is 14.1 Å². The van der Waals surface area contributed by atoms with E-state index in [0.717, 1.165) is 18.1 Å². The molecule has 2 aromatic rings. The topological polar surface area (TPSA) is 90.4 Å². The molecule has 1 atom stereocenters. The average Bonchev–Trinajstić information content (AvgIpc) is 3.01. The maximum atomic E-state index is 11.9. The Balaban J connectivity index is 2.39. The number of hydrogen-bond acceptors (Lipinski definition) is 7. The van der Waals surface area contributed by atoms with Gasteiger partial charge in [0.2, 0.25) is 0 Å². The molecule has 134 valence electrons. The maximum Gasteiger partial charge on any atom is 0.414 e. The molecule has 2 rings (SSSR count). The fourth-order valence-electron chi connectivity index (χ4n) is 1.86. The Labute approximate surface area is 158 Å². The van der Waals surface area contributed by atoms with Gasteiger partial charge in [0.05, 0.1) is 34.4 Å². The van der Waals surface area contributed by atoms with Gasteiger partial charge >= 0.3 is 12.1 Å². The summed E-state index contributed by atoms with van der Waals surface area (Å²) in [6.07, 6.45) is 0.0792. The van der Waals surface area contributed by atoms with Crippen LogP contribution >= 0.6 is 34.9 Å². The Bertz CT molecular complexity index is 797. The molecule has 1 N–H and O–H groups in total. The Kier molecular flexibility index (Phi) is 6.57. The zero-order valence-corrected chi connectivity index (χ0v) is 16.0. The lowest BCUT2D eigenvalue weighted by Gasteiger charge is -2.12. The van der Waals surface area contributed by atoms with Gasteiger partial charge in [-0.15, -0.1) is 4.37 Å². The van der Waals surface area contributed by atoms with Gasteiger partial charge < -0.3 is 14.8 Å². The lowest BCUT2D eigenvalue weighted by Crippen LogP contribution is -2.34. The number of rotatable bonds is 5. The monoisotopic (exact) mass is 403 g/mol. The summed E-state index contributed by atoms with van der Waals surface area (Å²) >= 11 is 13.3. The van der Waals surface area contributed by atoms with Gasteiger partial charge in [0.1, 0.15) is 0 Å². The lowest BCUT2D eigenvalue weighted by molar-refractivity contribution is 0.0601. The van der Waals surface area contributed by atoms with E-state index in [-0.39, 0.29) is 38.8 Å². The van der Waals surface area contributed by atoms with E-state index in [1.165, 1.54) is 19.2 Å². The number of carbonyl (C=O) groups is 2. The summed E-state index contributed by atoms with van der Waals surface area (Å²) in [5, 5.41) is 2.92. The number of carbonyl (C=O) groups excluding carboxylic acids is 2. The number of nitrogens with one attached hydrogen (secondary N) is 1. The van der Waals surface area contributed by atoms with E-state index < -0.39 is 12.1 Å². The normalized spacial score (nSPS) is 11.7. The van der Waals surface area contributed by atoms with E-state index in [1.807, 2.05) is 13.8 Å². The quantitative estimate of drug-likeness (QED) is 0.752. The molecule has 0 saturated heterocycles. The van der Waals surface area contributed by atoms with Crippen LogP contribution in [-0.2, 0) is 4.74 Å². The molecule has 0 aliphatic heterocycles. The lowest BCUT2D eigenvalue weighted by atomic mass is 10.1. The van der Waals surface area contributed by atoms with Crippen LogP contribution in [-0.4, -0.2) is 34.0 Å². The van der Waals surface area contributed by atoms with Crippen molar-refractivity contribution >= 4 is 47.0 Å². The molecule has 0 fully saturated rings. The van der Waals surface area contributed by atoms with Crippen LogP contribution in [0.25, 0.3) is 11.3 Å². The number of aromatic nitrogens is 2. The zero-order chi connectivity index (χ0) is 18.6. The number of benzene rings is 1. The highest BCUT2D eigenvalue weighted by atomic mass is 35.5. The minimum absolute atomic E-state index is 0.0410. The number of halogens is 2. The summed E-state index contributed by atoms with van der Waals surface area (Å²) in [5.74, 6) is -0.667. The average molecular weight is 404 g/mol. The van der Waals surface area contributed by atoms with Crippen LogP contribution in [0.2, 0.25) is 10.0 Å². The summed E-state index contributed by atoms with van der Waals surface area (Å²) < 4.78 is 17.9. The van der Waals surface area contributed by atoms with Crippen LogP contribution in [0, 0.1) is 0 Å². The summed E-state index contributed by atoms with van der Waals surface area (Å²) in [5.41, 5.74) is 0.531. The molecule has 1 aromatic carbocycles. The molecule has 25 heavy (non-hydrogen) atoms. The van der Waals surface area contributed by atoms with E-state index in [1.54, 1.807) is 0 Å². The van der Waals surface area contributed by atoms with Crippen molar-refractivity contribution in [3.8, 4) is 17.1 Å². The molecule has 1 heterocycles. The summed E-state index contributed by atoms with van der Waals surface area (Å²) in [6.45, 7) is 3.77. The van der Waals surface area contributed by atoms with Gasteiger partial charge in [-0.2, -0.15) is 4.37 Å². The summed E-state index contributed by atoms with van der Waals surface area (Å²) in [7, 11) is 1.24. The molecule has 0 radical (unpaired) electrons. The number of esters is 1. The van der Waals surface area contributed by atoms with Crippen LogP contribution in [0.1, 0.15) is 30.6 Å². The number of hydrogen-bond donors (Lipinski definition) is 1. The highest BCUT2D eigenvalue weighted by Crippen LogP contribution is 2.40. The number of nitrogens with zero attached hydrogens (tertiary/aromatic N) is 2. The molecule has 1 unspecified atom stereocenters. The molecule has 7 nitrogen and oxygen atoms in total. The third-order valence-electron chi connectivity index (χ3n) is 3.36. The molecular formula is C15H15Cl2N3O4S. The first-order chi connectivity index (χ1) is 11.9. The molecule has 10 heteroatoms. The van der Waals surface area contributed by atoms with Gasteiger partial charge in [-0.1, -0.05) is 30.1 Å². The van der Waals surface area contributed by atoms with E-state index in [2.05, 4.69) is 18.8 Å². The zero-order valence-electron chi connectivity index (χ0n) is 13.6. The first kappa shape index (κ1) is 19.4. The van der Waals surface area contributed by atoms with Crippen LogP contribution < -0.4 is 10.1 Å². The predicted molar refractivity (Wildman–Crippen MR) is 95.6 cm³/mol. The molecule has 0 spiro atoms. The van der Waals surface area contributed by atoms with Crippen LogP contribution in [0.4, 0.5) is 4.79 Å². The highest BCUT2D eigenvalue weighted by molar-refractivity contribution is 6.99. The second kappa shape index (κ2) is 8.46. The third kappa shape index (κ3) is 4.39. The molecule has 1 amide bonds. The van der Waals surface area contributed by atoms with Crippen LogP contribution in [0.3, 0.4) is 0 Å². The van der Waals surface area contributed by atoms with Crippen LogP contribution in [0.15, 0.2) is 12.1 Å². The Morgan fingerprint density at radius 3 is 2.68 bits per heavy atom. The van der Waals surface area contributed by atoms with Crippen molar-refractivity contribution in [2.24, 2.45) is 0 Å². The van der Waals surface area contributed by atoms with Gasteiger partial charge in [0, 0.05) is 11.6 Å². The minimum atomic E-state index is -0.667. The third-order valence-corrected chi connectivity index (χ3v) is 4.58. The second-order valence-electron chi connectivity index (χ2n) is 5.04. The fraction of sp³-hybridized carbons (Fsp3) is 0.333.